The normalized spacial score (nSPS) is 13.1. The van der Waals surface area contributed by atoms with Crippen molar-refractivity contribution < 1.29 is 9.90 Å². The van der Waals surface area contributed by atoms with Gasteiger partial charge < -0.3 is 5.11 Å². The number of hydrogen-bond donors (Lipinski definition) is 1. The first kappa shape index (κ1) is 16.2. The van der Waals surface area contributed by atoms with E-state index >= 15 is 0 Å². The fourth-order valence-electron chi connectivity index (χ4n) is 1.84. The molecular weight excluding hydrogens is 212 g/mol. The molecule has 100 valence electrons. The van der Waals surface area contributed by atoms with Crippen LogP contribution >= 0.6 is 0 Å². The molecule has 1 unspecified atom stereocenters. The zero-order valence-corrected chi connectivity index (χ0v) is 11.5. The van der Waals surface area contributed by atoms with Crippen molar-refractivity contribution >= 4 is 5.97 Å². The van der Waals surface area contributed by atoms with Gasteiger partial charge in [-0.15, -0.1) is 0 Å². The summed E-state index contributed by atoms with van der Waals surface area (Å²) in [5, 5.41) is 8.49. The zero-order chi connectivity index (χ0) is 12.9. The molecule has 0 radical (unpaired) electrons. The molecule has 0 saturated carbocycles. The second-order valence-electron chi connectivity index (χ2n) is 4.89. The molecule has 0 amide bonds. The Morgan fingerprint density at radius 3 is 2.53 bits per heavy atom. The Morgan fingerprint density at radius 1 is 1.18 bits per heavy atom. The summed E-state index contributed by atoms with van der Waals surface area (Å²) in [6.45, 7) is 4.48. The maximum atomic E-state index is 10.3. The van der Waals surface area contributed by atoms with Gasteiger partial charge in [0.2, 0.25) is 0 Å². The summed E-state index contributed by atoms with van der Waals surface area (Å²) in [5.74, 6) is 0.00329. The van der Waals surface area contributed by atoms with E-state index in [2.05, 4.69) is 26.0 Å². The molecule has 1 atom stereocenters. The highest BCUT2D eigenvalue weighted by molar-refractivity contribution is 5.66. The first-order valence-electron chi connectivity index (χ1n) is 7.05. The number of rotatable bonds is 11. The molecule has 0 aliphatic carbocycles. The number of hydrogen-bond acceptors (Lipinski definition) is 1. The van der Waals surface area contributed by atoms with E-state index in [0.29, 0.717) is 12.3 Å². The number of carboxylic acid groups (broad SMARTS) is 1. The number of carboxylic acids is 1. The van der Waals surface area contributed by atoms with Gasteiger partial charge in [-0.05, 0) is 25.2 Å². The Bertz CT molecular complexity index is 209. The average Bonchev–Trinajstić information content (AvgIpc) is 2.29. The van der Waals surface area contributed by atoms with Gasteiger partial charge in [-0.25, -0.2) is 0 Å². The van der Waals surface area contributed by atoms with Crippen LogP contribution in [0.15, 0.2) is 12.2 Å². The summed E-state index contributed by atoms with van der Waals surface area (Å²) in [7, 11) is 0. The first-order chi connectivity index (χ1) is 8.16. The molecule has 1 N–H and O–H groups in total. The van der Waals surface area contributed by atoms with E-state index in [9.17, 15) is 4.79 Å². The van der Waals surface area contributed by atoms with Crippen LogP contribution in [-0.4, -0.2) is 11.1 Å². The number of carbonyl (C=O) groups is 1. The second kappa shape index (κ2) is 11.7. The van der Waals surface area contributed by atoms with Crippen LogP contribution in [0.1, 0.15) is 71.6 Å². The monoisotopic (exact) mass is 240 g/mol. The van der Waals surface area contributed by atoms with E-state index in [1.54, 1.807) is 0 Å². The third-order valence-electron chi connectivity index (χ3n) is 2.99. The molecule has 0 bridgehead atoms. The summed E-state index contributed by atoms with van der Waals surface area (Å²) in [4.78, 5) is 10.3. The molecule has 0 rings (SSSR count). The summed E-state index contributed by atoms with van der Waals surface area (Å²) < 4.78 is 0. The number of aliphatic carboxylic acids is 1. The lowest BCUT2D eigenvalue weighted by molar-refractivity contribution is -0.137. The molecule has 0 fully saturated rings. The molecular formula is C15H28O2. The molecule has 0 spiro atoms. The van der Waals surface area contributed by atoms with Crippen LogP contribution in [0.4, 0.5) is 0 Å². The average molecular weight is 240 g/mol. The van der Waals surface area contributed by atoms with Gasteiger partial charge >= 0.3 is 5.97 Å². The standard InChI is InChI=1S/C15H28O2/c1-3-4-5-8-11-14(2)12-9-6-7-10-13-15(16)17/h8,11,14H,3-7,9-10,12-13H2,1-2H3,(H,16,17)/b11-8-. The Labute approximate surface area is 106 Å². The van der Waals surface area contributed by atoms with Gasteiger partial charge in [0.25, 0.3) is 0 Å². The van der Waals surface area contributed by atoms with E-state index in [4.69, 9.17) is 5.11 Å². The van der Waals surface area contributed by atoms with Crippen LogP contribution in [0.5, 0.6) is 0 Å². The third-order valence-corrected chi connectivity index (χ3v) is 2.99. The van der Waals surface area contributed by atoms with Crippen LogP contribution < -0.4 is 0 Å². The van der Waals surface area contributed by atoms with Crippen LogP contribution in [0.3, 0.4) is 0 Å². The fraction of sp³-hybridized carbons (Fsp3) is 0.800. The van der Waals surface area contributed by atoms with Gasteiger partial charge in [-0.3, -0.25) is 4.79 Å². The van der Waals surface area contributed by atoms with Gasteiger partial charge in [-0.1, -0.05) is 58.1 Å². The third kappa shape index (κ3) is 13.1. The largest absolute Gasteiger partial charge is 0.481 e. The minimum atomic E-state index is -0.669. The van der Waals surface area contributed by atoms with Gasteiger partial charge in [0.15, 0.2) is 0 Å². The van der Waals surface area contributed by atoms with E-state index in [0.717, 1.165) is 12.8 Å². The van der Waals surface area contributed by atoms with E-state index in [1.807, 2.05) is 0 Å². The van der Waals surface area contributed by atoms with Gasteiger partial charge in [-0.2, -0.15) is 0 Å². The molecule has 2 nitrogen and oxygen atoms in total. The van der Waals surface area contributed by atoms with Crippen LogP contribution in [0, 0.1) is 5.92 Å². The van der Waals surface area contributed by atoms with Crippen molar-refractivity contribution in [1.82, 2.24) is 0 Å². The van der Waals surface area contributed by atoms with E-state index < -0.39 is 5.97 Å². The zero-order valence-electron chi connectivity index (χ0n) is 11.5. The van der Waals surface area contributed by atoms with Crippen molar-refractivity contribution in [3.63, 3.8) is 0 Å². The lowest BCUT2D eigenvalue weighted by Crippen LogP contribution is -1.94. The second-order valence-corrected chi connectivity index (χ2v) is 4.89. The summed E-state index contributed by atoms with van der Waals surface area (Å²) >= 11 is 0. The molecule has 0 aromatic rings. The fourth-order valence-corrected chi connectivity index (χ4v) is 1.84. The quantitative estimate of drug-likeness (QED) is 0.416. The van der Waals surface area contributed by atoms with Crippen molar-refractivity contribution in [3.8, 4) is 0 Å². The van der Waals surface area contributed by atoms with Crippen molar-refractivity contribution in [2.24, 2.45) is 5.92 Å². The van der Waals surface area contributed by atoms with E-state index in [1.165, 1.54) is 38.5 Å². The molecule has 0 aliphatic rings. The van der Waals surface area contributed by atoms with Gasteiger partial charge in [0, 0.05) is 6.42 Å². The Hall–Kier alpha value is -0.790. The maximum Gasteiger partial charge on any atom is 0.303 e. The van der Waals surface area contributed by atoms with Crippen LogP contribution in [0.25, 0.3) is 0 Å². The molecule has 0 aliphatic heterocycles. The van der Waals surface area contributed by atoms with E-state index in [-0.39, 0.29) is 0 Å². The summed E-state index contributed by atoms with van der Waals surface area (Å²) in [6, 6.07) is 0. The topological polar surface area (TPSA) is 37.3 Å². The SMILES string of the molecule is CCCC/C=C\C(C)CCCCCCC(=O)O. The molecule has 0 aromatic heterocycles. The smallest absolute Gasteiger partial charge is 0.303 e. The molecule has 17 heavy (non-hydrogen) atoms. The predicted molar refractivity (Wildman–Crippen MR) is 73.2 cm³/mol. The first-order valence-corrected chi connectivity index (χ1v) is 7.05. The molecule has 2 heteroatoms. The van der Waals surface area contributed by atoms with Crippen molar-refractivity contribution in [3.05, 3.63) is 12.2 Å². The van der Waals surface area contributed by atoms with Gasteiger partial charge in [0.05, 0.1) is 0 Å². The minimum Gasteiger partial charge on any atom is -0.481 e. The Kier molecular flexibility index (Phi) is 11.1. The lowest BCUT2D eigenvalue weighted by atomic mass is 10.0. The van der Waals surface area contributed by atoms with Crippen molar-refractivity contribution in [2.75, 3.05) is 0 Å². The number of unbranched alkanes of at least 4 members (excludes halogenated alkanes) is 5. The van der Waals surface area contributed by atoms with Crippen molar-refractivity contribution in [2.45, 2.75) is 71.6 Å². The minimum absolute atomic E-state index is 0.326. The van der Waals surface area contributed by atoms with Crippen molar-refractivity contribution in [1.29, 1.82) is 0 Å². The Morgan fingerprint density at radius 2 is 1.88 bits per heavy atom. The lowest BCUT2D eigenvalue weighted by Gasteiger charge is -2.05. The molecule has 0 aromatic carbocycles. The Balaban J connectivity index is 3.29. The predicted octanol–water partition coefficient (Wildman–Crippen LogP) is 4.79. The summed E-state index contributed by atoms with van der Waals surface area (Å²) in [5.41, 5.74) is 0. The highest BCUT2D eigenvalue weighted by Gasteiger charge is 1.99. The maximum absolute atomic E-state index is 10.3. The highest BCUT2D eigenvalue weighted by Crippen LogP contribution is 2.13. The van der Waals surface area contributed by atoms with Crippen LogP contribution in [-0.2, 0) is 4.79 Å². The van der Waals surface area contributed by atoms with Crippen LogP contribution in [0.2, 0.25) is 0 Å². The number of allylic oxidation sites excluding steroid dienone is 2. The molecule has 0 saturated heterocycles. The highest BCUT2D eigenvalue weighted by atomic mass is 16.4. The van der Waals surface area contributed by atoms with Gasteiger partial charge in [0.1, 0.15) is 0 Å². The molecule has 0 heterocycles. The summed E-state index contributed by atoms with van der Waals surface area (Å²) in [6.07, 6.45) is 14.2.